The van der Waals surface area contributed by atoms with E-state index in [9.17, 15) is 19.8 Å². The number of carbonyl (C=O) groups is 2. The van der Waals surface area contributed by atoms with Gasteiger partial charge in [-0.25, -0.2) is 4.98 Å². The highest BCUT2D eigenvalue weighted by molar-refractivity contribution is 6.39. The number of carboxylic acids is 1. The molecule has 0 unspecified atom stereocenters. The largest absolute Gasteiger partial charge is 0.481 e. The number of aliphatic hydroxyl groups excluding tert-OH is 1. The lowest BCUT2D eigenvalue weighted by molar-refractivity contribution is -0.140. The van der Waals surface area contributed by atoms with Gasteiger partial charge in [0.2, 0.25) is 11.8 Å². The molecule has 1 saturated heterocycles. The SMILES string of the molecule is COc1nc(-c2cccc(-c3ccnc(-c4ccc5c(c4)CCC[C@H]5NC[C@H]4CCC(=O)N4)c3Cl)c2Cl)ccc1CN[C@@H](CCO)C(=O)O. The first-order valence-electron chi connectivity index (χ1n) is 16.5. The monoisotopic (exact) mass is 703 g/mol. The molecule has 4 aromatic rings. The van der Waals surface area contributed by atoms with Gasteiger partial charge in [0.15, 0.2) is 0 Å². The van der Waals surface area contributed by atoms with E-state index < -0.39 is 12.0 Å². The number of nitrogens with one attached hydrogen (secondary N) is 3. The predicted octanol–water partition coefficient (Wildman–Crippen LogP) is 5.96. The number of ether oxygens (including phenoxy) is 1. The van der Waals surface area contributed by atoms with Crippen molar-refractivity contribution in [2.75, 3.05) is 20.3 Å². The Hall–Kier alpha value is -4.06. The van der Waals surface area contributed by atoms with Gasteiger partial charge in [-0.1, -0.05) is 59.6 Å². The molecule has 12 heteroatoms. The predicted molar refractivity (Wildman–Crippen MR) is 190 cm³/mol. The summed E-state index contributed by atoms with van der Waals surface area (Å²) >= 11 is 14.2. The molecule has 10 nitrogen and oxygen atoms in total. The summed E-state index contributed by atoms with van der Waals surface area (Å²) in [5, 5.41) is 29.2. The van der Waals surface area contributed by atoms with Crippen molar-refractivity contribution < 1.29 is 24.5 Å². The van der Waals surface area contributed by atoms with Crippen LogP contribution in [0.5, 0.6) is 5.88 Å². The Bertz CT molecular complexity index is 1850. The minimum atomic E-state index is -1.04. The zero-order valence-corrected chi connectivity index (χ0v) is 28.7. The molecule has 5 N–H and O–H groups in total. The summed E-state index contributed by atoms with van der Waals surface area (Å²) in [5.41, 5.74) is 7.55. The van der Waals surface area contributed by atoms with Gasteiger partial charge in [-0.15, -0.1) is 0 Å². The van der Waals surface area contributed by atoms with Gasteiger partial charge < -0.3 is 30.9 Å². The Morgan fingerprint density at radius 3 is 2.63 bits per heavy atom. The first-order valence-corrected chi connectivity index (χ1v) is 17.2. The number of carbonyl (C=O) groups excluding carboxylic acids is 1. The summed E-state index contributed by atoms with van der Waals surface area (Å²) in [5.74, 6) is -0.581. The molecule has 6 rings (SSSR count). The number of aromatic nitrogens is 2. The van der Waals surface area contributed by atoms with Crippen LogP contribution < -0.4 is 20.7 Å². The van der Waals surface area contributed by atoms with Gasteiger partial charge in [0, 0.05) is 72.2 Å². The van der Waals surface area contributed by atoms with E-state index in [1.807, 2.05) is 36.4 Å². The number of nitrogens with zero attached hydrogens (tertiary/aromatic N) is 2. The molecule has 2 aromatic heterocycles. The molecule has 2 aromatic carbocycles. The van der Waals surface area contributed by atoms with Crippen molar-refractivity contribution in [2.24, 2.45) is 0 Å². The van der Waals surface area contributed by atoms with Crippen LogP contribution in [0.4, 0.5) is 0 Å². The molecule has 0 bridgehead atoms. The first-order chi connectivity index (χ1) is 23.8. The Morgan fingerprint density at radius 1 is 1.06 bits per heavy atom. The lowest BCUT2D eigenvalue weighted by atomic mass is 9.86. The van der Waals surface area contributed by atoms with Gasteiger partial charge >= 0.3 is 5.97 Å². The highest BCUT2D eigenvalue weighted by Crippen LogP contribution is 2.42. The maximum absolute atomic E-state index is 11.6. The van der Waals surface area contributed by atoms with Gasteiger partial charge in [-0.05, 0) is 61.4 Å². The van der Waals surface area contributed by atoms with E-state index in [2.05, 4.69) is 44.1 Å². The second-order valence-corrected chi connectivity index (χ2v) is 13.2. The van der Waals surface area contributed by atoms with Gasteiger partial charge in [-0.3, -0.25) is 14.6 Å². The highest BCUT2D eigenvalue weighted by Gasteiger charge is 2.26. The molecule has 1 amide bonds. The van der Waals surface area contributed by atoms with E-state index in [4.69, 9.17) is 27.9 Å². The van der Waals surface area contributed by atoms with Crippen LogP contribution in [0.25, 0.3) is 33.6 Å². The number of hydrogen-bond acceptors (Lipinski definition) is 8. The standard InChI is InChI=1S/C37H39Cl2N5O5/c1-49-36-23(19-41-31(15-17-45)37(47)48)9-12-30(44-36)28-6-3-5-26(33(28)38)27-14-16-40-35(34(27)39)22-8-11-25-21(18-22)4-2-7-29(25)42-20-24-10-13-32(46)43-24/h3,5-6,8-9,11-12,14,16,18,24,29,31,41-42,45H,2,4,7,10,13,15,17,19-20H2,1H3,(H,43,46)(H,47,48)/t24-,29-,31+/m1/s1. The van der Waals surface area contributed by atoms with Crippen molar-refractivity contribution in [1.29, 1.82) is 0 Å². The number of pyridine rings is 2. The maximum atomic E-state index is 11.6. The van der Waals surface area contributed by atoms with Crippen molar-refractivity contribution in [3.63, 3.8) is 0 Å². The molecular weight excluding hydrogens is 665 g/mol. The number of methoxy groups -OCH3 is 1. The summed E-state index contributed by atoms with van der Waals surface area (Å²) < 4.78 is 5.55. The van der Waals surface area contributed by atoms with Crippen molar-refractivity contribution in [1.82, 2.24) is 25.9 Å². The van der Waals surface area contributed by atoms with Gasteiger partial charge in [-0.2, -0.15) is 0 Å². The van der Waals surface area contributed by atoms with E-state index in [-0.39, 0.29) is 37.6 Å². The highest BCUT2D eigenvalue weighted by atomic mass is 35.5. The van der Waals surface area contributed by atoms with Crippen LogP contribution in [0, 0.1) is 0 Å². The lowest BCUT2D eigenvalue weighted by Gasteiger charge is -2.28. The van der Waals surface area contributed by atoms with Crippen LogP contribution >= 0.6 is 23.2 Å². The molecule has 256 valence electrons. The van der Waals surface area contributed by atoms with Gasteiger partial charge in [0.05, 0.1) is 28.5 Å². The van der Waals surface area contributed by atoms with Crippen LogP contribution in [-0.4, -0.2) is 64.4 Å². The number of fused-ring (bicyclic) bond motifs is 1. The summed E-state index contributed by atoms with van der Waals surface area (Å²) in [6.07, 6.45) is 6.38. The van der Waals surface area contributed by atoms with E-state index in [1.165, 1.54) is 18.2 Å². The Kier molecular flexibility index (Phi) is 11.1. The van der Waals surface area contributed by atoms with Crippen molar-refractivity contribution in [3.8, 4) is 39.5 Å². The number of aliphatic hydroxyl groups is 1. The zero-order valence-electron chi connectivity index (χ0n) is 27.1. The van der Waals surface area contributed by atoms with E-state index in [0.717, 1.165) is 48.9 Å². The van der Waals surface area contributed by atoms with E-state index in [1.54, 1.807) is 6.20 Å². The number of aliphatic carboxylic acids is 1. The average Bonchev–Trinajstić information content (AvgIpc) is 3.53. The van der Waals surface area contributed by atoms with E-state index in [0.29, 0.717) is 44.9 Å². The second-order valence-electron chi connectivity index (χ2n) is 12.4. The second kappa shape index (κ2) is 15.7. The molecular formula is C37H39Cl2N5O5. The summed E-state index contributed by atoms with van der Waals surface area (Å²) in [4.78, 5) is 32.5. The number of amides is 1. The topological polar surface area (TPSA) is 146 Å². The molecule has 0 radical (unpaired) electrons. The normalized spacial score (nSPS) is 17.8. The van der Waals surface area contributed by atoms with Crippen LogP contribution in [0.3, 0.4) is 0 Å². The Labute approximate surface area is 295 Å². The average molecular weight is 705 g/mol. The third-order valence-corrected chi connectivity index (χ3v) is 10.1. The molecule has 0 spiro atoms. The number of carboxylic acid groups (broad SMARTS) is 1. The number of benzene rings is 2. The maximum Gasteiger partial charge on any atom is 0.320 e. The molecule has 3 heterocycles. The van der Waals surface area contributed by atoms with Crippen LogP contribution in [0.15, 0.2) is 60.8 Å². The lowest BCUT2D eigenvalue weighted by Crippen LogP contribution is -2.38. The zero-order chi connectivity index (χ0) is 34.5. The van der Waals surface area contributed by atoms with E-state index >= 15 is 0 Å². The van der Waals surface area contributed by atoms with Crippen molar-refractivity contribution in [3.05, 3.63) is 87.5 Å². The number of halogens is 2. The number of aryl methyl sites for hydroxylation is 1. The molecule has 1 fully saturated rings. The molecule has 49 heavy (non-hydrogen) atoms. The Morgan fingerprint density at radius 2 is 1.88 bits per heavy atom. The fourth-order valence-electron chi connectivity index (χ4n) is 6.69. The summed E-state index contributed by atoms with van der Waals surface area (Å²) in [6.45, 7) is 0.706. The first kappa shape index (κ1) is 34.8. The summed E-state index contributed by atoms with van der Waals surface area (Å²) in [7, 11) is 1.50. The minimum Gasteiger partial charge on any atom is -0.481 e. The van der Waals surface area contributed by atoms with Gasteiger partial charge in [0.1, 0.15) is 6.04 Å². The third-order valence-electron chi connectivity index (χ3n) is 9.27. The van der Waals surface area contributed by atoms with Crippen molar-refractivity contribution >= 4 is 35.1 Å². The molecule has 2 aliphatic rings. The number of rotatable bonds is 13. The third kappa shape index (κ3) is 7.74. The van der Waals surface area contributed by atoms with Crippen LogP contribution in [0.1, 0.15) is 54.8 Å². The minimum absolute atomic E-state index is 0.0819. The molecule has 0 saturated carbocycles. The Balaban J connectivity index is 1.24. The number of hydrogen-bond donors (Lipinski definition) is 5. The van der Waals surface area contributed by atoms with Crippen LogP contribution in [0.2, 0.25) is 10.0 Å². The van der Waals surface area contributed by atoms with Gasteiger partial charge in [0.25, 0.3) is 0 Å². The fourth-order valence-corrected chi connectivity index (χ4v) is 7.33. The quantitative estimate of drug-likeness (QED) is 0.114. The smallest absolute Gasteiger partial charge is 0.320 e. The summed E-state index contributed by atoms with van der Waals surface area (Å²) in [6, 6.07) is 17.1. The molecule has 3 atom stereocenters. The van der Waals surface area contributed by atoms with Crippen LogP contribution in [-0.2, 0) is 22.6 Å². The van der Waals surface area contributed by atoms with Crippen molar-refractivity contribution in [2.45, 2.75) is 63.2 Å². The molecule has 1 aliphatic heterocycles. The molecule has 1 aliphatic carbocycles. The fraction of sp³-hybridized carbons (Fsp3) is 0.351.